The van der Waals surface area contributed by atoms with Gasteiger partial charge in [0, 0.05) is 24.4 Å². The Balaban J connectivity index is 0.00000180. The molecule has 1 aliphatic carbocycles. The van der Waals surface area contributed by atoms with Gasteiger partial charge in [0.25, 0.3) is 0 Å². The van der Waals surface area contributed by atoms with Gasteiger partial charge in [-0.05, 0) is 12.3 Å². The number of hydrogen-bond donors (Lipinski definition) is 2. The molecule has 0 amide bonds. The molecule has 0 radical (unpaired) electrons. The molecule has 2 unspecified atom stereocenters. The Hall–Kier alpha value is -0.370. The van der Waals surface area contributed by atoms with Crippen LogP contribution in [0.15, 0.2) is 10.4 Å². The van der Waals surface area contributed by atoms with E-state index in [1.165, 1.54) is 11.4 Å². The van der Waals surface area contributed by atoms with Crippen LogP contribution in [0.2, 0.25) is 0 Å². The van der Waals surface area contributed by atoms with Gasteiger partial charge in [0.2, 0.25) is 0 Å². The first-order chi connectivity index (χ1) is 8.60. The molecular weight excluding hydrogens is 371 g/mol. The standard InChI is InChI=1S/C13H22N4S.HI/c1-8(2)12-16-10(7-18-12)6-15-13(14-4)17-11-5-9(11)3;/h7-9,11H,5-6H2,1-4H3,(H2,14,15,17);1H. The lowest BCUT2D eigenvalue weighted by molar-refractivity contribution is 0.753. The van der Waals surface area contributed by atoms with E-state index in [0.717, 1.165) is 24.1 Å². The Labute approximate surface area is 136 Å². The summed E-state index contributed by atoms with van der Waals surface area (Å²) >= 11 is 1.73. The SMILES string of the molecule is CN=C(NCc1csc(C(C)C)n1)NC1CC1C.I. The number of nitrogens with zero attached hydrogens (tertiary/aromatic N) is 2. The van der Waals surface area contributed by atoms with Crippen LogP contribution < -0.4 is 10.6 Å². The second kappa shape index (κ2) is 7.42. The van der Waals surface area contributed by atoms with E-state index in [1.54, 1.807) is 11.3 Å². The van der Waals surface area contributed by atoms with Crippen molar-refractivity contribution in [3.05, 3.63) is 16.1 Å². The summed E-state index contributed by atoms with van der Waals surface area (Å²) in [7, 11) is 1.81. The van der Waals surface area contributed by atoms with E-state index < -0.39 is 0 Å². The predicted molar refractivity (Wildman–Crippen MR) is 92.5 cm³/mol. The van der Waals surface area contributed by atoms with Crippen LogP contribution in [0.5, 0.6) is 0 Å². The molecule has 1 saturated carbocycles. The topological polar surface area (TPSA) is 49.3 Å². The molecule has 1 aromatic rings. The zero-order valence-electron chi connectivity index (χ0n) is 11.9. The monoisotopic (exact) mass is 394 g/mol. The number of guanidine groups is 1. The number of nitrogens with one attached hydrogen (secondary N) is 2. The fraction of sp³-hybridized carbons (Fsp3) is 0.692. The highest BCUT2D eigenvalue weighted by atomic mass is 127. The first-order valence-electron chi connectivity index (χ1n) is 6.51. The molecule has 1 heterocycles. The highest BCUT2D eigenvalue weighted by Crippen LogP contribution is 2.28. The van der Waals surface area contributed by atoms with E-state index >= 15 is 0 Å². The highest BCUT2D eigenvalue weighted by Gasteiger charge is 2.33. The van der Waals surface area contributed by atoms with Crippen LogP contribution in [0.4, 0.5) is 0 Å². The third kappa shape index (κ3) is 4.91. The van der Waals surface area contributed by atoms with Crippen molar-refractivity contribution in [3.63, 3.8) is 0 Å². The minimum absolute atomic E-state index is 0. The fourth-order valence-electron chi connectivity index (χ4n) is 1.74. The van der Waals surface area contributed by atoms with Gasteiger partial charge >= 0.3 is 0 Å². The molecule has 2 rings (SSSR count). The largest absolute Gasteiger partial charge is 0.353 e. The van der Waals surface area contributed by atoms with Crippen LogP contribution in [0, 0.1) is 5.92 Å². The summed E-state index contributed by atoms with van der Waals surface area (Å²) in [4.78, 5) is 8.83. The second-order valence-electron chi connectivity index (χ2n) is 5.22. The average molecular weight is 394 g/mol. The predicted octanol–water partition coefficient (Wildman–Crippen LogP) is 2.96. The van der Waals surface area contributed by atoms with Crippen LogP contribution in [0.1, 0.15) is 43.8 Å². The van der Waals surface area contributed by atoms with Crippen molar-refractivity contribution in [2.75, 3.05) is 7.05 Å². The molecule has 0 spiro atoms. The summed E-state index contributed by atoms with van der Waals surface area (Å²) in [6.07, 6.45) is 1.24. The Morgan fingerprint density at radius 1 is 1.58 bits per heavy atom. The van der Waals surface area contributed by atoms with E-state index in [2.05, 4.69) is 46.8 Å². The Morgan fingerprint density at radius 3 is 2.74 bits per heavy atom. The smallest absolute Gasteiger partial charge is 0.191 e. The minimum atomic E-state index is 0. The quantitative estimate of drug-likeness (QED) is 0.469. The van der Waals surface area contributed by atoms with E-state index in [1.807, 2.05) is 7.05 Å². The molecule has 0 saturated heterocycles. The van der Waals surface area contributed by atoms with Crippen molar-refractivity contribution in [2.45, 2.75) is 45.7 Å². The second-order valence-corrected chi connectivity index (χ2v) is 6.11. The van der Waals surface area contributed by atoms with Crippen LogP contribution in [0.3, 0.4) is 0 Å². The minimum Gasteiger partial charge on any atom is -0.353 e. The number of aliphatic imine (C=N–C) groups is 1. The third-order valence-corrected chi connectivity index (χ3v) is 4.35. The van der Waals surface area contributed by atoms with Gasteiger partial charge in [-0.15, -0.1) is 35.3 Å². The molecule has 1 fully saturated rings. The van der Waals surface area contributed by atoms with E-state index in [4.69, 9.17) is 0 Å². The first-order valence-corrected chi connectivity index (χ1v) is 7.39. The molecule has 6 heteroatoms. The van der Waals surface area contributed by atoms with Crippen LogP contribution in [-0.4, -0.2) is 24.0 Å². The van der Waals surface area contributed by atoms with Crippen LogP contribution in [0.25, 0.3) is 0 Å². The molecule has 0 aromatic carbocycles. The number of hydrogen-bond acceptors (Lipinski definition) is 3. The lowest BCUT2D eigenvalue weighted by Gasteiger charge is -2.10. The van der Waals surface area contributed by atoms with Crippen molar-refractivity contribution < 1.29 is 0 Å². The van der Waals surface area contributed by atoms with E-state index in [-0.39, 0.29) is 24.0 Å². The Bertz CT molecular complexity index is 430. The normalized spacial score (nSPS) is 22.1. The van der Waals surface area contributed by atoms with Gasteiger partial charge < -0.3 is 10.6 Å². The van der Waals surface area contributed by atoms with Crippen LogP contribution in [-0.2, 0) is 6.54 Å². The van der Waals surface area contributed by atoms with Crippen molar-refractivity contribution >= 4 is 41.3 Å². The van der Waals surface area contributed by atoms with Crippen molar-refractivity contribution in [3.8, 4) is 0 Å². The number of halogens is 1. The number of rotatable bonds is 4. The average Bonchev–Trinajstić information content (AvgIpc) is 2.84. The molecule has 108 valence electrons. The summed E-state index contributed by atoms with van der Waals surface area (Å²) in [5, 5.41) is 10.0. The Kier molecular flexibility index (Phi) is 6.52. The number of aromatic nitrogens is 1. The first kappa shape index (κ1) is 16.7. The van der Waals surface area contributed by atoms with Gasteiger partial charge in [-0.2, -0.15) is 0 Å². The van der Waals surface area contributed by atoms with Crippen LogP contribution >= 0.6 is 35.3 Å². The molecule has 2 N–H and O–H groups in total. The maximum atomic E-state index is 4.60. The molecule has 19 heavy (non-hydrogen) atoms. The zero-order valence-corrected chi connectivity index (χ0v) is 15.1. The number of thiazole rings is 1. The lowest BCUT2D eigenvalue weighted by atomic mass is 10.2. The highest BCUT2D eigenvalue weighted by molar-refractivity contribution is 14.0. The van der Waals surface area contributed by atoms with Crippen molar-refractivity contribution in [1.82, 2.24) is 15.6 Å². The summed E-state index contributed by atoms with van der Waals surface area (Å²) in [6, 6.07) is 0.595. The molecule has 0 bridgehead atoms. The summed E-state index contributed by atoms with van der Waals surface area (Å²) < 4.78 is 0. The van der Waals surface area contributed by atoms with E-state index in [0.29, 0.717) is 12.0 Å². The van der Waals surface area contributed by atoms with Crippen molar-refractivity contribution in [1.29, 1.82) is 0 Å². The third-order valence-electron chi connectivity index (χ3n) is 3.16. The molecule has 0 aliphatic heterocycles. The van der Waals surface area contributed by atoms with Gasteiger partial charge in [-0.1, -0.05) is 20.8 Å². The Morgan fingerprint density at radius 2 is 2.26 bits per heavy atom. The summed E-state index contributed by atoms with van der Waals surface area (Å²) in [5.41, 5.74) is 1.09. The van der Waals surface area contributed by atoms with Gasteiger partial charge in [0.15, 0.2) is 5.96 Å². The lowest BCUT2D eigenvalue weighted by Crippen LogP contribution is -2.38. The van der Waals surface area contributed by atoms with E-state index in [9.17, 15) is 0 Å². The zero-order chi connectivity index (χ0) is 13.1. The molecule has 1 aromatic heterocycles. The molecular formula is C13H23IN4S. The fourth-order valence-corrected chi connectivity index (χ4v) is 2.57. The molecule has 4 nitrogen and oxygen atoms in total. The van der Waals surface area contributed by atoms with Crippen molar-refractivity contribution in [2.24, 2.45) is 10.9 Å². The summed E-state index contributed by atoms with van der Waals surface area (Å²) in [6.45, 7) is 7.33. The van der Waals surface area contributed by atoms with Gasteiger partial charge in [-0.25, -0.2) is 4.98 Å². The van der Waals surface area contributed by atoms with Gasteiger partial charge in [0.1, 0.15) is 0 Å². The maximum absolute atomic E-state index is 4.60. The maximum Gasteiger partial charge on any atom is 0.191 e. The molecule has 2 atom stereocenters. The summed E-state index contributed by atoms with van der Waals surface area (Å²) in [5.74, 6) is 2.16. The van der Waals surface area contributed by atoms with Gasteiger partial charge in [0.05, 0.1) is 17.2 Å². The molecule has 1 aliphatic rings. The van der Waals surface area contributed by atoms with Gasteiger partial charge in [-0.3, -0.25) is 4.99 Å².